The van der Waals surface area contributed by atoms with Gasteiger partial charge in [-0.3, -0.25) is 0 Å². The molecule has 0 spiro atoms. The Morgan fingerprint density at radius 2 is 2.05 bits per heavy atom. The maximum Gasteiger partial charge on any atom is 0.191 e. The van der Waals surface area contributed by atoms with Crippen LogP contribution < -0.4 is 10.1 Å². The van der Waals surface area contributed by atoms with Crippen molar-refractivity contribution in [2.75, 3.05) is 13.2 Å². The zero-order valence-corrected chi connectivity index (χ0v) is 11.2. The molecular weight excluding hydrogens is 252 g/mol. The average Bonchev–Trinajstić information content (AvgIpc) is 2.84. The highest BCUT2D eigenvalue weighted by Gasteiger charge is 2.21. The summed E-state index contributed by atoms with van der Waals surface area (Å²) in [4.78, 5) is 0. The molecule has 0 aliphatic carbocycles. The van der Waals surface area contributed by atoms with Crippen molar-refractivity contribution >= 4 is 0 Å². The minimum Gasteiger partial charge on any atom is -0.482 e. The summed E-state index contributed by atoms with van der Waals surface area (Å²) in [6.07, 6.45) is 0.402. The van der Waals surface area contributed by atoms with Crippen molar-refractivity contribution in [1.82, 2.24) is 5.32 Å². The smallest absolute Gasteiger partial charge is 0.191 e. The number of hydrogen-bond acceptors (Lipinski definition) is 3. The Morgan fingerprint density at radius 3 is 2.58 bits per heavy atom. The maximum atomic E-state index is 13.9. The maximum absolute atomic E-state index is 13.9. The molecule has 3 nitrogen and oxygen atoms in total. The number of hydrogen-bond donors (Lipinski definition) is 1. The lowest BCUT2D eigenvalue weighted by molar-refractivity contribution is 0.134. The average molecular weight is 271 g/mol. The molecule has 1 atom stereocenters. The molecule has 1 aliphatic rings. The molecule has 1 fully saturated rings. The number of halogens is 2. The molecule has 0 aromatic heterocycles. The number of ether oxygens (including phenoxy) is 2. The van der Waals surface area contributed by atoms with Gasteiger partial charge >= 0.3 is 0 Å². The molecule has 1 heterocycles. The Balaban J connectivity index is 2.07. The molecule has 1 aliphatic heterocycles. The van der Waals surface area contributed by atoms with Gasteiger partial charge in [0.2, 0.25) is 0 Å². The molecule has 1 aromatic carbocycles. The van der Waals surface area contributed by atoms with E-state index in [0.29, 0.717) is 31.7 Å². The van der Waals surface area contributed by atoms with Gasteiger partial charge in [-0.15, -0.1) is 0 Å². The van der Waals surface area contributed by atoms with Crippen LogP contribution in [0.1, 0.15) is 25.8 Å². The highest BCUT2D eigenvalue weighted by atomic mass is 19.1. The van der Waals surface area contributed by atoms with E-state index in [-0.39, 0.29) is 17.9 Å². The third-order valence-electron chi connectivity index (χ3n) is 2.94. The van der Waals surface area contributed by atoms with E-state index in [0.717, 1.165) is 0 Å². The SMILES string of the molecule is CC(C)NCc1cc(F)c(OC2CCOC2)c(F)c1. The van der Waals surface area contributed by atoms with Gasteiger partial charge in [0.05, 0.1) is 13.2 Å². The summed E-state index contributed by atoms with van der Waals surface area (Å²) in [6.45, 7) is 5.34. The molecule has 5 heteroatoms. The molecule has 1 N–H and O–H groups in total. The largest absolute Gasteiger partial charge is 0.482 e. The quantitative estimate of drug-likeness (QED) is 0.893. The third-order valence-corrected chi connectivity index (χ3v) is 2.94. The highest BCUT2D eigenvalue weighted by Crippen LogP contribution is 2.26. The van der Waals surface area contributed by atoms with Crippen molar-refractivity contribution < 1.29 is 18.3 Å². The lowest BCUT2D eigenvalue weighted by Crippen LogP contribution is -2.22. The summed E-state index contributed by atoms with van der Waals surface area (Å²) < 4.78 is 38.2. The Hall–Kier alpha value is -1.20. The first-order valence-corrected chi connectivity index (χ1v) is 6.52. The molecule has 0 saturated carbocycles. The van der Waals surface area contributed by atoms with E-state index in [1.54, 1.807) is 0 Å². The van der Waals surface area contributed by atoms with Gasteiger partial charge in [-0.2, -0.15) is 0 Å². The van der Waals surface area contributed by atoms with Crippen LogP contribution in [0.3, 0.4) is 0 Å². The van der Waals surface area contributed by atoms with Gasteiger partial charge in [-0.1, -0.05) is 13.8 Å². The minimum absolute atomic E-state index is 0.261. The van der Waals surface area contributed by atoms with Gasteiger partial charge < -0.3 is 14.8 Å². The van der Waals surface area contributed by atoms with Crippen molar-refractivity contribution in [2.24, 2.45) is 0 Å². The molecule has 0 bridgehead atoms. The Labute approximate surface area is 111 Å². The van der Waals surface area contributed by atoms with Crippen LogP contribution in [0.5, 0.6) is 5.75 Å². The molecule has 1 unspecified atom stereocenters. The van der Waals surface area contributed by atoms with Gasteiger partial charge in [0, 0.05) is 19.0 Å². The van der Waals surface area contributed by atoms with Gasteiger partial charge in [-0.25, -0.2) is 8.78 Å². The van der Waals surface area contributed by atoms with Gasteiger partial charge in [0.15, 0.2) is 17.4 Å². The van der Waals surface area contributed by atoms with E-state index < -0.39 is 11.6 Å². The van der Waals surface area contributed by atoms with Crippen LogP contribution in [-0.2, 0) is 11.3 Å². The fourth-order valence-electron chi connectivity index (χ4n) is 1.92. The van der Waals surface area contributed by atoms with Crippen LogP contribution >= 0.6 is 0 Å². The third kappa shape index (κ3) is 3.88. The Kier molecular flexibility index (Phi) is 4.71. The standard InChI is InChI=1S/C14H19F2NO2/c1-9(2)17-7-10-5-12(15)14(13(16)6-10)19-11-3-4-18-8-11/h5-6,9,11,17H,3-4,7-8H2,1-2H3. The minimum atomic E-state index is -0.660. The van der Waals surface area contributed by atoms with Crippen LogP contribution in [0.4, 0.5) is 8.78 Å². The lowest BCUT2D eigenvalue weighted by atomic mass is 10.2. The predicted molar refractivity (Wildman–Crippen MR) is 68.2 cm³/mol. The van der Waals surface area contributed by atoms with Crippen LogP contribution in [-0.4, -0.2) is 25.4 Å². The van der Waals surface area contributed by atoms with Crippen LogP contribution in [0.25, 0.3) is 0 Å². The predicted octanol–water partition coefficient (Wildman–Crippen LogP) is 2.63. The second kappa shape index (κ2) is 6.30. The first kappa shape index (κ1) is 14.2. The Bertz CT molecular complexity index is 408. The molecule has 0 radical (unpaired) electrons. The number of benzene rings is 1. The Morgan fingerprint density at radius 1 is 1.37 bits per heavy atom. The van der Waals surface area contributed by atoms with Gasteiger partial charge in [-0.05, 0) is 17.7 Å². The van der Waals surface area contributed by atoms with Crippen molar-refractivity contribution in [3.63, 3.8) is 0 Å². The molecule has 1 saturated heterocycles. The second-order valence-corrected chi connectivity index (χ2v) is 5.03. The fourth-order valence-corrected chi connectivity index (χ4v) is 1.92. The summed E-state index contributed by atoms with van der Waals surface area (Å²) in [5.41, 5.74) is 0.568. The summed E-state index contributed by atoms with van der Waals surface area (Å²) >= 11 is 0. The molecule has 1 aromatic rings. The monoisotopic (exact) mass is 271 g/mol. The fraction of sp³-hybridized carbons (Fsp3) is 0.571. The number of rotatable bonds is 5. The summed E-state index contributed by atoms with van der Waals surface area (Å²) in [5, 5.41) is 3.11. The van der Waals surface area contributed by atoms with E-state index in [9.17, 15) is 8.78 Å². The van der Waals surface area contributed by atoms with Crippen LogP contribution in [0, 0.1) is 11.6 Å². The summed E-state index contributed by atoms with van der Waals surface area (Å²) in [6, 6.07) is 2.88. The zero-order chi connectivity index (χ0) is 13.8. The summed E-state index contributed by atoms with van der Waals surface area (Å²) in [5.74, 6) is -1.62. The van der Waals surface area contributed by atoms with Gasteiger partial charge in [0.25, 0.3) is 0 Å². The van der Waals surface area contributed by atoms with Crippen molar-refractivity contribution in [3.05, 3.63) is 29.3 Å². The molecule has 106 valence electrons. The topological polar surface area (TPSA) is 30.5 Å². The molecule has 19 heavy (non-hydrogen) atoms. The first-order valence-electron chi connectivity index (χ1n) is 6.52. The van der Waals surface area contributed by atoms with Crippen molar-refractivity contribution in [3.8, 4) is 5.75 Å². The van der Waals surface area contributed by atoms with Crippen molar-refractivity contribution in [1.29, 1.82) is 0 Å². The van der Waals surface area contributed by atoms with E-state index in [1.165, 1.54) is 12.1 Å². The molecular formula is C14H19F2NO2. The lowest BCUT2D eigenvalue weighted by Gasteiger charge is -2.15. The summed E-state index contributed by atoms with van der Waals surface area (Å²) in [7, 11) is 0. The van der Waals surface area contributed by atoms with E-state index >= 15 is 0 Å². The van der Waals surface area contributed by atoms with Crippen LogP contribution in [0.2, 0.25) is 0 Å². The van der Waals surface area contributed by atoms with E-state index in [4.69, 9.17) is 9.47 Å². The highest BCUT2D eigenvalue weighted by molar-refractivity contribution is 5.31. The number of nitrogens with one attached hydrogen (secondary N) is 1. The second-order valence-electron chi connectivity index (χ2n) is 5.03. The van der Waals surface area contributed by atoms with E-state index in [2.05, 4.69) is 5.32 Å². The van der Waals surface area contributed by atoms with Gasteiger partial charge in [0.1, 0.15) is 6.10 Å². The van der Waals surface area contributed by atoms with Crippen LogP contribution in [0.15, 0.2) is 12.1 Å². The first-order chi connectivity index (χ1) is 9.06. The molecule has 0 amide bonds. The van der Waals surface area contributed by atoms with Crippen molar-refractivity contribution in [2.45, 2.75) is 39.0 Å². The van der Waals surface area contributed by atoms with E-state index in [1.807, 2.05) is 13.8 Å². The zero-order valence-electron chi connectivity index (χ0n) is 11.2. The normalized spacial score (nSPS) is 19.1. The molecule has 2 rings (SSSR count).